The van der Waals surface area contributed by atoms with Gasteiger partial charge in [-0.05, 0) is 42.8 Å². The molecule has 0 aliphatic rings. The second-order valence-electron chi connectivity index (χ2n) is 7.82. The number of benzene rings is 2. The van der Waals surface area contributed by atoms with Gasteiger partial charge < -0.3 is 9.88 Å². The molecule has 36 heavy (non-hydrogen) atoms. The molecule has 3 rings (SSSR count). The van der Waals surface area contributed by atoms with Gasteiger partial charge in [0.05, 0.1) is 22.2 Å². The van der Waals surface area contributed by atoms with Crippen molar-refractivity contribution in [2.24, 2.45) is 0 Å². The third-order valence-electron chi connectivity index (χ3n) is 5.45. The Balaban J connectivity index is 2.03. The quantitative estimate of drug-likeness (QED) is 0.268. The van der Waals surface area contributed by atoms with Crippen LogP contribution in [0.5, 0.6) is 0 Å². The van der Waals surface area contributed by atoms with E-state index in [-0.39, 0.29) is 35.7 Å². The molecule has 1 atom stereocenters. The molecule has 0 saturated carbocycles. The summed E-state index contributed by atoms with van der Waals surface area (Å²) < 4.78 is 81.9. The number of nitriles is 1. The third-order valence-corrected chi connectivity index (χ3v) is 5.77. The van der Waals surface area contributed by atoms with E-state index in [2.05, 4.69) is 0 Å². The molecule has 1 heterocycles. The Morgan fingerprint density at radius 2 is 1.81 bits per heavy atom. The molecule has 0 spiro atoms. The van der Waals surface area contributed by atoms with Crippen molar-refractivity contribution in [3.63, 3.8) is 0 Å². The minimum atomic E-state index is -5.09. The zero-order valence-electron chi connectivity index (χ0n) is 18.6. The Morgan fingerprint density at radius 1 is 1.11 bits per heavy atom. The van der Waals surface area contributed by atoms with Gasteiger partial charge in [0.15, 0.2) is 11.8 Å². The molecule has 3 aromatic rings. The fraction of sp³-hybridized carbons (Fsp3) is 0.292. The maximum absolute atomic E-state index is 13.8. The van der Waals surface area contributed by atoms with Crippen LogP contribution in [0.2, 0.25) is 5.02 Å². The molecule has 0 bridgehead atoms. The van der Waals surface area contributed by atoms with Gasteiger partial charge in [-0.2, -0.15) is 31.6 Å². The second kappa shape index (κ2) is 10.2. The number of aryl methyl sites for hydroxylation is 1. The SMILES string of the molecule is CCn1c(C(=O)NC(c2cccc(C(F)(F)F)c2)C(F)(F)F)cc2cc(C(=O)CCC#N)c(Cl)cc21. The molecule has 2 aromatic carbocycles. The van der Waals surface area contributed by atoms with Crippen molar-refractivity contribution in [2.45, 2.75) is 44.7 Å². The fourth-order valence-electron chi connectivity index (χ4n) is 3.78. The molecular formula is C24H18ClF6N3O2. The number of amides is 1. The Morgan fingerprint density at radius 3 is 2.39 bits per heavy atom. The van der Waals surface area contributed by atoms with E-state index < -0.39 is 41.2 Å². The third kappa shape index (κ3) is 5.65. The van der Waals surface area contributed by atoms with E-state index in [1.807, 2.05) is 6.07 Å². The molecule has 0 radical (unpaired) electrons. The monoisotopic (exact) mass is 529 g/mol. The number of rotatable bonds is 7. The lowest BCUT2D eigenvalue weighted by Crippen LogP contribution is -2.39. The molecule has 190 valence electrons. The average molecular weight is 530 g/mol. The fourth-order valence-corrected chi connectivity index (χ4v) is 4.05. The summed E-state index contributed by atoms with van der Waals surface area (Å²) in [5.74, 6) is -1.60. The molecule has 0 fully saturated rings. The molecule has 1 unspecified atom stereocenters. The molecule has 0 aliphatic heterocycles. The predicted octanol–water partition coefficient (Wildman–Crippen LogP) is 6.85. The van der Waals surface area contributed by atoms with Crippen LogP contribution in [0, 0.1) is 11.3 Å². The average Bonchev–Trinajstić information content (AvgIpc) is 3.16. The highest BCUT2D eigenvalue weighted by Gasteiger charge is 2.43. The van der Waals surface area contributed by atoms with Gasteiger partial charge in [-0.3, -0.25) is 9.59 Å². The van der Waals surface area contributed by atoms with Crippen LogP contribution in [0.1, 0.15) is 57.8 Å². The summed E-state index contributed by atoms with van der Waals surface area (Å²) in [6.45, 7) is 1.77. The van der Waals surface area contributed by atoms with Gasteiger partial charge in [0.2, 0.25) is 0 Å². The van der Waals surface area contributed by atoms with Gasteiger partial charge in [-0.25, -0.2) is 0 Å². The van der Waals surface area contributed by atoms with Crippen molar-refractivity contribution in [3.05, 3.63) is 69.9 Å². The summed E-state index contributed by atoms with van der Waals surface area (Å²) in [6.07, 6.45) is -10.1. The van der Waals surface area contributed by atoms with Crippen LogP contribution in [0.15, 0.2) is 42.5 Å². The first-order valence-electron chi connectivity index (χ1n) is 10.6. The number of hydrogen-bond acceptors (Lipinski definition) is 3. The van der Waals surface area contributed by atoms with Crippen molar-refractivity contribution in [2.75, 3.05) is 0 Å². The number of halogens is 7. The summed E-state index contributed by atoms with van der Waals surface area (Å²) in [7, 11) is 0. The summed E-state index contributed by atoms with van der Waals surface area (Å²) in [6, 6.07) is 5.84. The number of carbonyl (C=O) groups excluding carboxylic acids is 2. The van der Waals surface area contributed by atoms with Gasteiger partial charge >= 0.3 is 12.4 Å². The van der Waals surface area contributed by atoms with Gasteiger partial charge in [-0.1, -0.05) is 23.7 Å². The molecule has 1 aromatic heterocycles. The van der Waals surface area contributed by atoms with Crippen LogP contribution >= 0.6 is 11.6 Å². The number of nitrogens with zero attached hydrogens (tertiary/aromatic N) is 2. The first-order valence-corrected chi connectivity index (χ1v) is 10.9. The Bertz CT molecular complexity index is 1350. The number of Topliss-reactive ketones (excluding diaryl/α,β-unsaturated/α-hetero) is 1. The highest BCUT2D eigenvalue weighted by atomic mass is 35.5. The molecule has 1 N–H and O–H groups in total. The first kappa shape index (κ1) is 27.1. The van der Waals surface area contributed by atoms with Crippen molar-refractivity contribution in [1.82, 2.24) is 9.88 Å². The lowest BCUT2D eigenvalue weighted by atomic mass is 10.0. The van der Waals surface area contributed by atoms with E-state index in [0.717, 1.165) is 12.1 Å². The maximum Gasteiger partial charge on any atom is 0.416 e. The minimum Gasteiger partial charge on any atom is -0.337 e. The van der Waals surface area contributed by atoms with Crippen molar-refractivity contribution in [1.29, 1.82) is 5.26 Å². The van der Waals surface area contributed by atoms with E-state index in [1.165, 1.54) is 22.8 Å². The number of alkyl halides is 6. The van der Waals surface area contributed by atoms with Crippen LogP contribution < -0.4 is 5.32 Å². The highest BCUT2D eigenvalue weighted by molar-refractivity contribution is 6.34. The number of nitrogens with one attached hydrogen (secondary N) is 1. The number of hydrogen-bond donors (Lipinski definition) is 1. The van der Waals surface area contributed by atoms with E-state index in [4.69, 9.17) is 16.9 Å². The highest BCUT2D eigenvalue weighted by Crippen LogP contribution is 2.37. The zero-order valence-corrected chi connectivity index (χ0v) is 19.4. The van der Waals surface area contributed by atoms with Gasteiger partial charge in [0, 0.05) is 30.3 Å². The smallest absolute Gasteiger partial charge is 0.337 e. The summed E-state index contributed by atoms with van der Waals surface area (Å²) in [5, 5.41) is 10.9. The minimum absolute atomic E-state index is 0.0365. The van der Waals surface area contributed by atoms with Gasteiger partial charge in [0.25, 0.3) is 5.91 Å². The number of ketones is 1. The van der Waals surface area contributed by atoms with Crippen LogP contribution in [0.3, 0.4) is 0 Å². The van der Waals surface area contributed by atoms with E-state index in [0.29, 0.717) is 23.0 Å². The topological polar surface area (TPSA) is 74.9 Å². The predicted molar refractivity (Wildman–Crippen MR) is 120 cm³/mol. The lowest BCUT2D eigenvalue weighted by molar-refractivity contribution is -0.156. The molecule has 1 amide bonds. The van der Waals surface area contributed by atoms with Gasteiger partial charge in [-0.15, -0.1) is 0 Å². The Hall–Kier alpha value is -3.52. The molecule has 12 heteroatoms. The number of carbonyl (C=O) groups is 2. The largest absolute Gasteiger partial charge is 0.416 e. The standard InChI is InChI=1S/C24H18ClF6N3O2/c1-2-34-18-12-17(25)16(20(35)7-4-8-32)10-14(18)11-19(34)22(36)33-21(24(29,30)31)13-5-3-6-15(9-13)23(26,27)28/h3,5-6,9-12,21H,2,4,7H2,1H3,(H,33,36). The Labute approximate surface area is 206 Å². The van der Waals surface area contributed by atoms with Crippen LogP contribution in [-0.2, 0) is 12.7 Å². The van der Waals surface area contributed by atoms with E-state index >= 15 is 0 Å². The molecule has 0 saturated heterocycles. The normalized spacial score (nSPS) is 12.9. The molecule has 5 nitrogen and oxygen atoms in total. The van der Waals surface area contributed by atoms with Crippen molar-refractivity contribution >= 4 is 34.2 Å². The molecular weight excluding hydrogens is 512 g/mol. The van der Waals surface area contributed by atoms with Crippen LogP contribution in [-0.4, -0.2) is 22.4 Å². The first-order chi connectivity index (χ1) is 16.8. The van der Waals surface area contributed by atoms with Crippen LogP contribution in [0.4, 0.5) is 26.3 Å². The van der Waals surface area contributed by atoms with Crippen molar-refractivity contribution in [3.8, 4) is 6.07 Å². The van der Waals surface area contributed by atoms with E-state index in [1.54, 1.807) is 12.2 Å². The summed E-state index contributed by atoms with van der Waals surface area (Å²) >= 11 is 6.21. The number of fused-ring (bicyclic) bond motifs is 1. The zero-order chi connectivity index (χ0) is 26.8. The summed E-state index contributed by atoms with van der Waals surface area (Å²) in [5.41, 5.74) is -1.80. The maximum atomic E-state index is 13.8. The second-order valence-corrected chi connectivity index (χ2v) is 8.22. The summed E-state index contributed by atoms with van der Waals surface area (Å²) in [4.78, 5) is 25.3. The van der Waals surface area contributed by atoms with Crippen molar-refractivity contribution < 1.29 is 35.9 Å². The molecule has 0 aliphatic carbocycles. The lowest BCUT2D eigenvalue weighted by Gasteiger charge is -2.23. The number of aromatic nitrogens is 1. The Kier molecular flexibility index (Phi) is 7.69. The van der Waals surface area contributed by atoms with Gasteiger partial charge in [0.1, 0.15) is 5.69 Å². The van der Waals surface area contributed by atoms with Crippen LogP contribution in [0.25, 0.3) is 10.9 Å². The van der Waals surface area contributed by atoms with E-state index in [9.17, 15) is 35.9 Å².